The predicted molar refractivity (Wildman–Crippen MR) is 153 cm³/mol. The first-order valence-electron chi connectivity index (χ1n) is 13.8. The topological polar surface area (TPSA) is 64.7 Å². The van der Waals surface area contributed by atoms with Gasteiger partial charge in [-0.3, -0.25) is 14.5 Å². The van der Waals surface area contributed by atoms with E-state index in [2.05, 4.69) is 65.0 Å². The summed E-state index contributed by atoms with van der Waals surface area (Å²) in [5.41, 5.74) is 5.11. The molecule has 1 aliphatic carbocycles. The van der Waals surface area contributed by atoms with Crippen LogP contribution in [0.5, 0.6) is 0 Å². The van der Waals surface area contributed by atoms with Gasteiger partial charge >= 0.3 is 0 Å². The molecule has 0 spiro atoms. The van der Waals surface area contributed by atoms with Crippen LogP contribution in [-0.2, 0) is 16.0 Å². The van der Waals surface area contributed by atoms with Gasteiger partial charge in [-0.2, -0.15) is 0 Å². The van der Waals surface area contributed by atoms with Crippen LogP contribution < -0.4 is 10.6 Å². The Kier molecular flexibility index (Phi) is 8.20. The maximum atomic E-state index is 13.0. The van der Waals surface area contributed by atoms with Crippen molar-refractivity contribution in [1.29, 1.82) is 0 Å². The first-order chi connectivity index (χ1) is 18.5. The van der Waals surface area contributed by atoms with E-state index in [4.69, 9.17) is 0 Å². The van der Waals surface area contributed by atoms with Crippen LogP contribution in [0.25, 0.3) is 0 Å². The Morgan fingerprint density at radius 1 is 1.05 bits per heavy atom. The molecule has 2 aromatic carbocycles. The molecule has 2 bridgehead atoms. The summed E-state index contributed by atoms with van der Waals surface area (Å²) in [5, 5.41) is 6.59. The van der Waals surface area contributed by atoms with Crippen molar-refractivity contribution in [2.45, 2.75) is 38.8 Å². The highest BCUT2D eigenvalue weighted by Gasteiger charge is 2.34. The van der Waals surface area contributed by atoms with Crippen molar-refractivity contribution in [3.63, 3.8) is 0 Å². The molecule has 198 valence electrons. The van der Waals surface area contributed by atoms with Gasteiger partial charge < -0.3 is 15.5 Å². The van der Waals surface area contributed by atoms with Gasteiger partial charge in [0.25, 0.3) is 5.91 Å². The number of amides is 2. The third-order valence-corrected chi connectivity index (χ3v) is 7.91. The lowest BCUT2D eigenvalue weighted by Crippen LogP contribution is -2.46. The molecular weight excluding hydrogens is 472 g/mol. The predicted octanol–water partition coefficient (Wildman–Crippen LogP) is 4.49. The molecule has 38 heavy (non-hydrogen) atoms. The first kappa shape index (κ1) is 26.1. The maximum Gasteiger partial charge on any atom is 0.253 e. The second kappa shape index (κ2) is 11.9. The molecule has 0 radical (unpaired) electrons. The van der Waals surface area contributed by atoms with Crippen LogP contribution in [0.1, 0.15) is 37.4 Å². The van der Waals surface area contributed by atoms with Crippen molar-refractivity contribution in [2.24, 2.45) is 5.92 Å². The lowest BCUT2D eigenvalue weighted by molar-refractivity contribution is -0.129. The highest BCUT2D eigenvalue weighted by atomic mass is 16.2. The third kappa shape index (κ3) is 5.82. The van der Waals surface area contributed by atoms with Crippen molar-refractivity contribution in [3.8, 4) is 0 Å². The molecule has 2 amide bonds. The second-order valence-corrected chi connectivity index (χ2v) is 10.4. The minimum Gasteiger partial charge on any atom is -0.335 e. The minimum atomic E-state index is 0.0186. The number of carbonyl (C=O) groups is 2. The van der Waals surface area contributed by atoms with Gasteiger partial charge in [0.05, 0.1) is 6.04 Å². The molecule has 1 unspecified atom stereocenters. The van der Waals surface area contributed by atoms with Crippen LogP contribution in [0.3, 0.4) is 0 Å². The lowest BCUT2D eigenvalue weighted by Gasteiger charge is -2.38. The van der Waals surface area contributed by atoms with E-state index in [1.807, 2.05) is 48.2 Å². The number of fused-ring (bicyclic) bond motifs is 1. The zero-order valence-corrected chi connectivity index (χ0v) is 22.4. The fourth-order valence-electron chi connectivity index (χ4n) is 5.84. The molecule has 6 heteroatoms. The summed E-state index contributed by atoms with van der Waals surface area (Å²) in [6.45, 7) is 8.64. The summed E-state index contributed by atoms with van der Waals surface area (Å²) in [5.74, 6) is 0.296. The molecule has 3 atom stereocenters. The SMILES string of the molecule is CCN1C(=O)C2=CC(C=C([C@H](c3cccc(NC(=O)CCc4ccccc4)c3)N3CCNCC3)C=C2)[C@@H]1C. The maximum absolute atomic E-state index is 13.0. The minimum absolute atomic E-state index is 0.0186. The van der Waals surface area contributed by atoms with E-state index >= 15 is 0 Å². The molecule has 2 aromatic rings. The van der Waals surface area contributed by atoms with E-state index in [-0.39, 0.29) is 29.8 Å². The fourth-order valence-corrected chi connectivity index (χ4v) is 5.84. The lowest BCUT2D eigenvalue weighted by atomic mass is 9.89. The number of piperazine rings is 1. The highest BCUT2D eigenvalue weighted by molar-refractivity contribution is 5.97. The van der Waals surface area contributed by atoms with Gasteiger partial charge in [0.1, 0.15) is 0 Å². The Morgan fingerprint density at radius 2 is 1.84 bits per heavy atom. The van der Waals surface area contributed by atoms with Crippen LogP contribution in [0.4, 0.5) is 5.69 Å². The molecule has 1 saturated heterocycles. The van der Waals surface area contributed by atoms with Gasteiger partial charge in [-0.1, -0.05) is 60.7 Å². The van der Waals surface area contributed by atoms with Crippen LogP contribution in [0.2, 0.25) is 0 Å². The first-order valence-corrected chi connectivity index (χ1v) is 13.8. The number of benzene rings is 2. The van der Waals surface area contributed by atoms with Crippen molar-refractivity contribution >= 4 is 17.5 Å². The van der Waals surface area contributed by atoms with Crippen molar-refractivity contribution in [1.82, 2.24) is 15.1 Å². The molecule has 2 aliphatic heterocycles. The summed E-state index contributed by atoms with van der Waals surface area (Å²) in [6, 6.07) is 18.5. The van der Waals surface area contributed by atoms with E-state index < -0.39 is 0 Å². The molecular formula is C32H38N4O2. The Morgan fingerprint density at radius 3 is 2.61 bits per heavy atom. The molecule has 6 nitrogen and oxygen atoms in total. The monoisotopic (exact) mass is 510 g/mol. The quantitative estimate of drug-likeness (QED) is 0.549. The molecule has 3 aliphatic rings. The Balaban J connectivity index is 1.40. The zero-order chi connectivity index (χ0) is 26.5. The Hall–Kier alpha value is -3.48. The van der Waals surface area contributed by atoms with Gasteiger partial charge in [0.15, 0.2) is 0 Å². The number of anilines is 1. The summed E-state index contributed by atoms with van der Waals surface area (Å²) in [7, 11) is 0. The Labute approximate surface area is 226 Å². The number of aryl methyl sites for hydroxylation is 1. The fraction of sp³-hybridized carbons (Fsp3) is 0.375. The third-order valence-electron chi connectivity index (χ3n) is 7.91. The van der Waals surface area contributed by atoms with Crippen LogP contribution in [-0.4, -0.2) is 60.4 Å². The zero-order valence-electron chi connectivity index (χ0n) is 22.4. The second-order valence-electron chi connectivity index (χ2n) is 10.4. The number of rotatable bonds is 8. The van der Waals surface area contributed by atoms with Crippen LogP contribution >= 0.6 is 0 Å². The number of hydrogen-bond donors (Lipinski definition) is 2. The van der Waals surface area contributed by atoms with Crippen LogP contribution in [0.15, 0.2) is 90.0 Å². The smallest absolute Gasteiger partial charge is 0.253 e. The van der Waals surface area contributed by atoms with E-state index in [1.54, 1.807) is 0 Å². The highest BCUT2D eigenvalue weighted by Crippen LogP contribution is 2.36. The van der Waals surface area contributed by atoms with Gasteiger partial charge in [-0.05, 0) is 55.2 Å². The number of carbonyl (C=O) groups excluding carboxylic acids is 2. The van der Waals surface area contributed by atoms with Crippen molar-refractivity contribution < 1.29 is 9.59 Å². The number of nitrogens with zero attached hydrogens (tertiary/aromatic N) is 2. The summed E-state index contributed by atoms with van der Waals surface area (Å²) < 4.78 is 0. The summed E-state index contributed by atoms with van der Waals surface area (Å²) in [4.78, 5) is 30.2. The van der Waals surface area contributed by atoms with E-state index in [0.717, 1.165) is 55.0 Å². The van der Waals surface area contributed by atoms with E-state index in [9.17, 15) is 9.59 Å². The van der Waals surface area contributed by atoms with Crippen LogP contribution in [0, 0.1) is 5.92 Å². The molecule has 0 aromatic heterocycles. The van der Waals surface area contributed by atoms with Crippen molar-refractivity contribution in [3.05, 3.63) is 101 Å². The van der Waals surface area contributed by atoms with Gasteiger partial charge in [0, 0.05) is 62.4 Å². The molecule has 2 heterocycles. The van der Waals surface area contributed by atoms with E-state index in [1.165, 1.54) is 5.57 Å². The van der Waals surface area contributed by atoms with Gasteiger partial charge in [-0.25, -0.2) is 0 Å². The standard InChI is InChI=1S/C32H38N4O2/c1-3-36-23(2)28-20-26(13-14-27(21-28)32(36)38)31(35-18-16-33-17-19-35)25-10-7-11-29(22-25)34-30(37)15-12-24-8-5-4-6-9-24/h4-11,13-14,20-23,28,31,33H,3,12,15-19H2,1-2H3,(H,34,37)/t23-,28?,31-/m0/s1. The Bertz CT molecular complexity index is 1240. The van der Waals surface area contributed by atoms with E-state index in [0.29, 0.717) is 13.0 Å². The molecule has 2 N–H and O–H groups in total. The summed E-state index contributed by atoms with van der Waals surface area (Å²) in [6.07, 6.45) is 9.76. The number of hydrogen-bond acceptors (Lipinski definition) is 4. The number of likely N-dealkylation sites (N-methyl/N-ethyl adjacent to an activating group) is 1. The van der Waals surface area contributed by atoms with Gasteiger partial charge in [0.2, 0.25) is 5.91 Å². The normalized spacial score (nSPS) is 22.4. The average Bonchev–Trinajstić information content (AvgIpc) is 3.15. The van der Waals surface area contributed by atoms with Crippen molar-refractivity contribution in [2.75, 3.05) is 38.0 Å². The molecule has 1 fully saturated rings. The number of nitrogens with one attached hydrogen (secondary N) is 2. The molecule has 0 saturated carbocycles. The summed E-state index contributed by atoms with van der Waals surface area (Å²) >= 11 is 0. The average molecular weight is 511 g/mol. The molecule has 5 rings (SSSR count). The largest absolute Gasteiger partial charge is 0.335 e. The van der Waals surface area contributed by atoms with Gasteiger partial charge in [-0.15, -0.1) is 0 Å².